The van der Waals surface area contributed by atoms with E-state index in [2.05, 4.69) is 0 Å². The quantitative estimate of drug-likeness (QED) is 0.513. The summed E-state index contributed by atoms with van der Waals surface area (Å²) >= 11 is 1.49. The van der Waals surface area contributed by atoms with E-state index >= 15 is 0 Å². The maximum absolute atomic E-state index is 11.5. The lowest BCUT2D eigenvalue weighted by molar-refractivity contribution is -0.129. The second-order valence-electron chi connectivity index (χ2n) is 2.87. The molecule has 0 aromatic rings. The van der Waals surface area contributed by atoms with Gasteiger partial charge in [-0.15, -0.1) is 11.8 Å². The van der Waals surface area contributed by atoms with Crippen LogP contribution in [0, 0.1) is 0 Å². The number of ether oxygens (including phenoxy) is 1. The molecule has 0 heterocycles. The number of methoxy groups -OCH3 is 1. The molecule has 2 N–H and O–H groups in total. The van der Waals surface area contributed by atoms with Crippen LogP contribution in [-0.2, 0) is 9.53 Å². The number of thioether (sulfide) groups is 1. The van der Waals surface area contributed by atoms with E-state index in [1.807, 2.05) is 0 Å². The van der Waals surface area contributed by atoms with Crippen molar-refractivity contribution in [3.8, 4) is 0 Å². The molecular formula is C9H19NO4S. The van der Waals surface area contributed by atoms with E-state index in [0.29, 0.717) is 12.4 Å². The standard InChI is InChI=1S/C9H19NO4S/c1-14-6-7-15-8-9(13)10(2-4-11)3-5-12/h11-12H,2-8H2,1H3. The summed E-state index contributed by atoms with van der Waals surface area (Å²) in [4.78, 5) is 13.0. The van der Waals surface area contributed by atoms with Crippen LogP contribution in [-0.4, -0.2) is 72.5 Å². The number of nitrogens with zero attached hydrogens (tertiary/aromatic N) is 1. The van der Waals surface area contributed by atoms with Crippen LogP contribution in [0.2, 0.25) is 0 Å². The predicted molar refractivity (Wildman–Crippen MR) is 60.0 cm³/mol. The molecular weight excluding hydrogens is 218 g/mol. The molecule has 0 spiro atoms. The Hall–Kier alpha value is -0.300. The topological polar surface area (TPSA) is 70.0 Å². The van der Waals surface area contributed by atoms with Crippen LogP contribution in [0.25, 0.3) is 0 Å². The van der Waals surface area contributed by atoms with E-state index in [1.54, 1.807) is 7.11 Å². The highest BCUT2D eigenvalue weighted by Crippen LogP contribution is 2.02. The molecule has 0 saturated carbocycles. The largest absolute Gasteiger partial charge is 0.395 e. The summed E-state index contributed by atoms with van der Waals surface area (Å²) in [5.74, 6) is 1.08. The number of hydrogen-bond donors (Lipinski definition) is 2. The smallest absolute Gasteiger partial charge is 0.232 e. The van der Waals surface area contributed by atoms with Gasteiger partial charge >= 0.3 is 0 Å². The Morgan fingerprint density at radius 1 is 1.33 bits per heavy atom. The fourth-order valence-electron chi connectivity index (χ4n) is 0.996. The van der Waals surface area contributed by atoms with Crippen molar-refractivity contribution in [3.05, 3.63) is 0 Å². The lowest BCUT2D eigenvalue weighted by atomic mass is 10.4. The fourth-order valence-corrected chi connectivity index (χ4v) is 1.78. The van der Waals surface area contributed by atoms with Crippen molar-refractivity contribution in [1.82, 2.24) is 4.90 Å². The summed E-state index contributed by atoms with van der Waals surface area (Å²) in [5.41, 5.74) is 0. The second kappa shape index (κ2) is 10.2. The first-order chi connectivity index (χ1) is 7.26. The van der Waals surface area contributed by atoms with Gasteiger partial charge in [0, 0.05) is 26.0 Å². The number of aliphatic hydroxyl groups is 2. The van der Waals surface area contributed by atoms with Crippen molar-refractivity contribution in [2.75, 3.05) is 51.5 Å². The van der Waals surface area contributed by atoms with Gasteiger partial charge in [-0.05, 0) is 0 Å². The number of hydrogen-bond acceptors (Lipinski definition) is 5. The first-order valence-corrected chi connectivity index (χ1v) is 5.98. The predicted octanol–water partition coefficient (Wildman–Crippen LogP) is -0.821. The molecule has 0 atom stereocenters. The number of rotatable bonds is 9. The third-order valence-corrected chi connectivity index (χ3v) is 2.66. The van der Waals surface area contributed by atoms with Crippen molar-refractivity contribution >= 4 is 17.7 Å². The molecule has 0 unspecified atom stereocenters. The van der Waals surface area contributed by atoms with Crippen LogP contribution >= 0.6 is 11.8 Å². The Morgan fingerprint density at radius 2 is 1.93 bits per heavy atom. The molecule has 0 aromatic heterocycles. The van der Waals surface area contributed by atoms with E-state index < -0.39 is 0 Å². The van der Waals surface area contributed by atoms with Gasteiger partial charge in [0.15, 0.2) is 0 Å². The Balaban J connectivity index is 3.70. The number of amides is 1. The SMILES string of the molecule is COCCSCC(=O)N(CCO)CCO. The van der Waals surface area contributed by atoms with Crippen molar-refractivity contribution in [3.63, 3.8) is 0 Å². The molecule has 0 fully saturated rings. The summed E-state index contributed by atoms with van der Waals surface area (Å²) in [6.07, 6.45) is 0. The molecule has 0 saturated heterocycles. The van der Waals surface area contributed by atoms with Crippen molar-refractivity contribution < 1.29 is 19.7 Å². The first kappa shape index (κ1) is 14.7. The summed E-state index contributed by atoms with van der Waals surface area (Å²) in [5, 5.41) is 17.4. The van der Waals surface area contributed by atoms with Gasteiger partial charge in [-0.1, -0.05) is 0 Å². The van der Waals surface area contributed by atoms with Crippen LogP contribution in [0.4, 0.5) is 0 Å². The van der Waals surface area contributed by atoms with Gasteiger partial charge in [0.25, 0.3) is 0 Å². The highest BCUT2D eigenvalue weighted by Gasteiger charge is 2.11. The second-order valence-corrected chi connectivity index (χ2v) is 3.98. The highest BCUT2D eigenvalue weighted by molar-refractivity contribution is 7.99. The number of carbonyl (C=O) groups is 1. The minimum Gasteiger partial charge on any atom is -0.395 e. The third kappa shape index (κ3) is 7.61. The molecule has 0 rings (SSSR count). The van der Waals surface area contributed by atoms with Gasteiger partial charge in [-0.2, -0.15) is 0 Å². The Kier molecular flexibility index (Phi) is 10.0. The van der Waals surface area contributed by atoms with Crippen LogP contribution in [0.3, 0.4) is 0 Å². The van der Waals surface area contributed by atoms with Crippen LogP contribution in [0.1, 0.15) is 0 Å². The van der Waals surface area contributed by atoms with Crippen molar-refractivity contribution in [2.24, 2.45) is 0 Å². The molecule has 0 aliphatic rings. The zero-order chi connectivity index (χ0) is 11.5. The van der Waals surface area contributed by atoms with Gasteiger partial charge in [0.05, 0.1) is 25.6 Å². The summed E-state index contributed by atoms with van der Waals surface area (Å²) < 4.78 is 4.85. The summed E-state index contributed by atoms with van der Waals surface area (Å²) in [7, 11) is 1.62. The van der Waals surface area contributed by atoms with Gasteiger partial charge < -0.3 is 19.8 Å². The minimum absolute atomic E-state index is 0.0563. The minimum atomic E-state index is -0.0749. The molecule has 90 valence electrons. The van der Waals surface area contributed by atoms with Gasteiger partial charge in [-0.25, -0.2) is 0 Å². The average Bonchev–Trinajstić information content (AvgIpc) is 2.24. The van der Waals surface area contributed by atoms with Gasteiger partial charge in [-0.3, -0.25) is 4.79 Å². The summed E-state index contributed by atoms with van der Waals surface area (Å²) in [6.45, 7) is 1.04. The molecule has 0 radical (unpaired) electrons. The van der Waals surface area contributed by atoms with Gasteiger partial charge in [0.2, 0.25) is 5.91 Å². The normalized spacial score (nSPS) is 10.3. The zero-order valence-electron chi connectivity index (χ0n) is 9.02. The molecule has 1 amide bonds. The molecule has 5 nitrogen and oxygen atoms in total. The Morgan fingerprint density at radius 3 is 2.40 bits per heavy atom. The summed E-state index contributed by atoms with van der Waals surface area (Å²) in [6, 6.07) is 0. The number of carbonyl (C=O) groups excluding carboxylic acids is 1. The van der Waals surface area contributed by atoms with E-state index in [4.69, 9.17) is 14.9 Å². The van der Waals surface area contributed by atoms with Crippen LogP contribution < -0.4 is 0 Å². The number of aliphatic hydroxyl groups excluding tert-OH is 2. The third-order valence-electron chi connectivity index (χ3n) is 1.75. The highest BCUT2D eigenvalue weighted by atomic mass is 32.2. The van der Waals surface area contributed by atoms with Crippen molar-refractivity contribution in [1.29, 1.82) is 0 Å². The molecule has 0 aromatic carbocycles. The molecule has 0 aliphatic heterocycles. The Bertz CT molecular complexity index is 162. The van der Waals surface area contributed by atoms with Gasteiger partial charge in [0.1, 0.15) is 0 Å². The zero-order valence-corrected chi connectivity index (χ0v) is 9.83. The van der Waals surface area contributed by atoms with E-state index in [9.17, 15) is 4.79 Å². The monoisotopic (exact) mass is 237 g/mol. The molecule has 0 aliphatic carbocycles. The van der Waals surface area contributed by atoms with Crippen LogP contribution in [0.15, 0.2) is 0 Å². The van der Waals surface area contributed by atoms with E-state index in [0.717, 1.165) is 5.75 Å². The molecule has 15 heavy (non-hydrogen) atoms. The Labute approximate surface area is 94.4 Å². The average molecular weight is 237 g/mol. The van der Waals surface area contributed by atoms with E-state index in [1.165, 1.54) is 16.7 Å². The lowest BCUT2D eigenvalue weighted by Crippen LogP contribution is -2.37. The fraction of sp³-hybridized carbons (Fsp3) is 0.889. The molecule has 0 bridgehead atoms. The van der Waals surface area contributed by atoms with E-state index in [-0.39, 0.29) is 32.2 Å². The van der Waals surface area contributed by atoms with Crippen molar-refractivity contribution in [2.45, 2.75) is 0 Å². The first-order valence-electron chi connectivity index (χ1n) is 4.82. The molecule has 6 heteroatoms. The van der Waals surface area contributed by atoms with Crippen LogP contribution in [0.5, 0.6) is 0 Å². The lowest BCUT2D eigenvalue weighted by Gasteiger charge is -2.20. The maximum atomic E-state index is 11.5. The maximum Gasteiger partial charge on any atom is 0.232 e.